The van der Waals surface area contributed by atoms with Gasteiger partial charge >= 0.3 is 0 Å². The number of methoxy groups -OCH3 is 1. The van der Waals surface area contributed by atoms with Crippen LogP contribution in [0.5, 0.6) is 0 Å². The van der Waals surface area contributed by atoms with Crippen LogP contribution in [-0.4, -0.2) is 29.3 Å². The molecule has 6 nitrogen and oxygen atoms in total. The van der Waals surface area contributed by atoms with E-state index in [1.807, 2.05) is 0 Å². The lowest BCUT2D eigenvalue weighted by Crippen LogP contribution is -2.45. The minimum atomic E-state index is -0.427. The summed E-state index contributed by atoms with van der Waals surface area (Å²) in [6, 6.07) is 4.58. The Bertz CT molecular complexity index is 466. The Kier molecular flexibility index (Phi) is 4.01. The lowest BCUT2D eigenvalue weighted by molar-refractivity contribution is -0.384. The molecular weight excluding hydrogens is 248 g/mol. The van der Waals surface area contributed by atoms with Crippen LogP contribution in [-0.2, 0) is 11.3 Å². The number of anilines is 1. The van der Waals surface area contributed by atoms with E-state index in [2.05, 4.69) is 5.32 Å². The highest BCUT2D eigenvalue weighted by Gasteiger charge is 2.37. The van der Waals surface area contributed by atoms with Crippen molar-refractivity contribution in [3.63, 3.8) is 0 Å². The van der Waals surface area contributed by atoms with Crippen molar-refractivity contribution in [3.05, 3.63) is 33.9 Å². The topological polar surface area (TPSA) is 84.6 Å². The highest BCUT2D eigenvalue weighted by molar-refractivity contribution is 5.63. The normalized spacial score (nSPS) is 16.7. The standard InChI is InChI=1S/C13H18N2O4/c1-19-13(5-2-6-13)9-14-11-7-10(8-16)3-4-12(11)15(17)18/h3-4,7,14,16H,2,5-6,8-9H2,1H3. The van der Waals surface area contributed by atoms with E-state index in [1.54, 1.807) is 19.2 Å². The molecule has 0 aromatic heterocycles. The monoisotopic (exact) mass is 266 g/mol. The molecule has 1 aliphatic carbocycles. The van der Waals surface area contributed by atoms with Gasteiger partial charge in [0.05, 0.1) is 17.1 Å². The lowest BCUT2D eigenvalue weighted by atomic mass is 9.80. The van der Waals surface area contributed by atoms with E-state index in [-0.39, 0.29) is 17.9 Å². The fourth-order valence-corrected chi connectivity index (χ4v) is 2.26. The fourth-order valence-electron chi connectivity index (χ4n) is 2.26. The van der Waals surface area contributed by atoms with Crippen molar-refractivity contribution in [1.29, 1.82) is 0 Å². The van der Waals surface area contributed by atoms with Crippen LogP contribution in [0.2, 0.25) is 0 Å². The maximum Gasteiger partial charge on any atom is 0.292 e. The second-order valence-corrected chi connectivity index (χ2v) is 4.86. The van der Waals surface area contributed by atoms with Crippen molar-refractivity contribution in [2.45, 2.75) is 31.5 Å². The highest BCUT2D eigenvalue weighted by Crippen LogP contribution is 2.36. The van der Waals surface area contributed by atoms with E-state index in [0.29, 0.717) is 17.8 Å². The van der Waals surface area contributed by atoms with Gasteiger partial charge in [0.25, 0.3) is 5.69 Å². The van der Waals surface area contributed by atoms with E-state index in [1.165, 1.54) is 6.07 Å². The number of hydrogen-bond donors (Lipinski definition) is 2. The molecule has 0 bridgehead atoms. The number of nitro benzene ring substituents is 1. The van der Waals surface area contributed by atoms with E-state index >= 15 is 0 Å². The van der Waals surface area contributed by atoms with Gasteiger partial charge in [0.15, 0.2) is 0 Å². The SMILES string of the molecule is COC1(CNc2cc(CO)ccc2[N+](=O)[O-])CCC1. The maximum atomic E-state index is 11.0. The zero-order valence-electron chi connectivity index (χ0n) is 10.9. The van der Waals surface area contributed by atoms with Crippen molar-refractivity contribution in [1.82, 2.24) is 0 Å². The largest absolute Gasteiger partial charge is 0.392 e. The number of rotatable bonds is 6. The second-order valence-electron chi connectivity index (χ2n) is 4.86. The second kappa shape index (κ2) is 5.54. The van der Waals surface area contributed by atoms with Crippen molar-refractivity contribution >= 4 is 11.4 Å². The third kappa shape index (κ3) is 2.85. The van der Waals surface area contributed by atoms with E-state index in [4.69, 9.17) is 9.84 Å². The minimum Gasteiger partial charge on any atom is -0.392 e. The zero-order valence-corrected chi connectivity index (χ0v) is 10.9. The molecule has 0 spiro atoms. The van der Waals surface area contributed by atoms with E-state index < -0.39 is 4.92 Å². The van der Waals surface area contributed by atoms with Gasteiger partial charge in [-0.15, -0.1) is 0 Å². The third-order valence-corrected chi connectivity index (χ3v) is 3.74. The first kappa shape index (κ1) is 13.8. The first-order valence-electron chi connectivity index (χ1n) is 6.27. The summed E-state index contributed by atoms with van der Waals surface area (Å²) >= 11 is 0. The highest BCUT2D eigenvalue weighted by atomic mass is 16.6. The molecule has 2 N–H and O–H groups in total. The van der Waals surface area contributed by atoms with Crippen LogP contribution in [0.4, 0.5) is 11.4 Å². The molecule has 2 rings (SSSR count). The van der Waals surface area contributed by atoms with Crippen LogP contribution in [0, 0.1) is 10.1 Å². The van der Waals surface area contributed by atoms with Gasteiger partial charge in [-0.2, -0.15) is 0 Å². The maximum absolute atomic E-state index is 11.0. The Morgan fingerprint density at radius 1 is 1.53 bits per heavy atom. The van der Waals surface area contributed by atoms with Gasteiger partial charge in [0.1, 0.15) is 5.69 Å². The summed E-state index contributed by atoms with van der Waals surface area (Å²) in [7, 11) is 1.67. The van der Waals surface area contributed by atoms with Crippen molar-refractivity contribution in [2.75, 3.05) is 19.0 Å². The number of ether oxygens (including phenoxy) is 1. The summed E-state index contributed by atoms with van der Waals surface area (Å²) in [4.78, 5) is 10.5. The van der Waals surface area contributed by atoms with E-state index in [0.717, 1.165) is 19.3 Å². The summed E-state index contributed by atoms with van der Waals surface area (Å²) in [6.07, 6.45) is 3.04. The summed E-state index contributed by atoms with van der Waals surface area (Å²) in [5.41, 5.74) is 0.888. The van der Waals surface area contributed by atoms with Crippen molar-refractivity contribution in [3.8, 4) is 0 Å². The third-order valence-electron chi connectivity index (χ3n) is 3.74. The van der Waals surface area contributed by atoms with Crippen LogP contribution in [0.1, 0.15) is 24.8 Å². The Labute approximate surface area is 111 Å². The van der Waals surface area contributed by atoms with Crippen LogP contribution < -0.4 is 5.32 Å². The number of aliphatic hydroxyl groups excluding tert-OH is 1. The molecule has 0 atom stereocenters. The van der Waals surface area contributed by atoms with Gasteiger partial charge in [-0.05, 0) is 37.0 Å². The van der Waals surface area contributed by atoms with Gasteiger partial charge in [-0.1, -0.05) is 0 Å². The fraction of sp³-hybridized carbons (Fsp3) is 0.538. The van der Waals surface area contributed by atoms with Gasteiger partial charge in [0, 0.05) is 19.7 Å². The van der Waals surface area contributed by atoms with Gasteiger partial charge in [-0.25, -0.2) is 0 Å². The molecule has 0 amide bonds. The Morgan fingerprint density at radius 3 is 2.74 bits per heavy atom. The number of aliphatic hydroxyl groups is 1. The smallest absolute Gasteiger partial charge is 0.292 e. The van der Waals surface area contributed by atoms with Gasteiger partial charge in [0.2, 0.25) is 0 Å². The average Bonchev–Trinajstić information content (AvgIpc) is 2.37. The summed E-state index contributed by atoms with van der Waals surface area (Å²) in [5.74, 6) is 0. The molecule has 1 fully saturated rings. The van der Waals surface area contributed by atoms with Crippen LogP contribution in [0.3, 0.4) is 0 Å². The molecule has 1 aromatic rings. The Hall–Kier alpha value is -1.66. The zero-order chi connectivity index (χ0) is 13.9. The molecule has 104 valence electrons. The summed E-state index contributed by atoms with van der Waals surface area (Å²) in [6.45, 7) is 0.404. The molecule has 1 aliphatic rings. The average molecular weight is 266 g/mol. The van der Waals surface area contributed by atoms with E-state index in [9.17, 15) is 10.1 Å². The van der Waals surface area contributed by atoms with Gasteiger partial charge in [-0.3, -0.25) is 10.1 Å². The Morgan fingerprint density at radius 2 is 2.26 bits per heavy atom. The molecule has 0 radical (unpaired) electrons. The van der Waals surface area contributed by atoms with Crippen molar-refractivity contribution < 1.29 is 14.8 Å². The van der Waals surface area contributed by atoms with Crippen molar-refractivity contribution in [2.24, 2.45) is 0 Å². The van der Waals surface area contributed by atoms with Crippen LogP contribution in [0.25, 0.3) is 0 Å². The molecule has 1 aromatic carbocycles. The molecule has 0 saturated heterocycles. The van der Waals surface area contributed by atoms with Crippen LogP contribution >= 0.6 is 0 Å². The number of benzene rings is 1. The first-order valence-corrected chi connectivity index (χ1v) is 6.27. The quantitative estimate of drug-likeness (QED) is 0.608. The molecular formula is C13H18N2O4. The molecule has 19 heavy (non-hydrogen) atoms. The van der Waals surface area contributed by atoms with Gasteiger partial charge < -0.3 is 15.2 Å². The number of nitro groups is 1. The number of nitrogens with one attached hydrogen (secondary N) is 1. The number of nitrogens with zero attached hydrogens (tertiary/aromatic N) is 1. The molecule has 6 heteroatoms. The Balaban J connectivity index is 2.15. The number of hydrogen-bond acceptors (Lipinski definition) is 5. The minimum absolute atomic E-state index is 0.0165. The summed E-state index contributed by atoms with van der Waals surface area (Å²) < 4.78 is 5.47. The molecule has 0 heterocycles. The van der Waals surface area contributed by atoms with Crippen LogP contribution in [0.15, 0.2) is 18.2 Å². The lowest BCUT2D eigenvalue weighted by Gasteiger charge is -2.40. The summed E-state index contributed by atoms with van der Waals surface area (Å²) in [5, 5.41) is 23.2. The molecule has 0 aliphatic heterocycles. The predicted molar refractivity (Wildman–Crippen MR) is 71.1 cm³/mol. The first-order chi connectivity index (χ1) is 9.10. The predicted octanol–water partition coefficient (Wildman–Crippen LogP) is 2.07. The molecule has 1 saturated carbocycles. The molecule has 0 unspecified atom stereocenters.